The van der Waals surface area contributed by atoms with Gasteiger partial charge in [-0.1, -0.05) is 43.6 Å². The lowest BCUT2D eigenvalue weighted by molar-refractivity contribution is -0.175. The van der Waals surface area contributed by atoms with Crippen molar-refractivity contribution in [3.05, 3.63) is 64.7 Å². The number of Topliss-reactive ketones (excluding diaryl/α,β-unsaturated/α-hetero) is 1. The fraction of sp³-hybridized carbons (Fsp3) is 0.448. The first-order chi connectivity index (χ1) is 19.4. The van der Waals surface area contributed by atoms with Crippen molar-refractivity contribution < 1.29 is 41.8 Å². The first kappa shape index (κ1) is 34.6. The Kier molecular flexibility index (Phi) is 11.9. The van der Waals surface area contributed by atoms with Crippen molar-refractivity contribution >= 4 is 35.1 Å². The van der Waals surface area contributed by atoms with Crippen molar-refractivity contribution in [3.63, 3.8) is 0 Å². The molecular weight excluding hydrogens is 579 g/mol. The van der Waals surface area contributed by atoms with Crippen LogP contribution in [0.15, 0.2) is 48.5 Å². The van der Waals surface area contributed by atoms with Gasteiger partial charge in [-0.3, -0.25) is 19.2 Å². The fourth-order valence-corrected chi connectivity index (χ4v) is 3.87. The van der Waals surface area contributed by atoms with E-state index in [1.807, 2.05) is 0 Å². The van der Waals surface area contributed by atoms with Gasteiger partial charge in [0.15, 0.2) is 0 Å². The third-order valence-electron chi connectivity index (χ3n) is 5.92. The third-order valence-corrected chi connectivity index (χ3v) is 6.15. The number of rotatable bonds is 12. The molecule has 2 aromatic rings. The number of carbonyl (C=O) groups excluding carboxylic acids is 4. The Labute approximate surface area is 247 Å². The lowest BCUT2D eigenvalue weighted by Gasteiger charge is -2.28. The summed E-state index contributed by atoms with van der Waals surface area (Å²) in [5, 5.41) is 7.47. The molecule has 0 aliphatic carbocycles. The third kappa shape index (κ3) is 10.3. The molecule has 9 nitrogen and oxygen atoms in total. The van der Waals surface area contributed by atoms with E-state index >= 15 is 0 Å². The number of methoxy groups -OCH3 is 1. The standard InChI is InChI=1S/C29H35ClF3N3O6/c1-16(2)22(24(37)29(31,32)33)35-27(40)23(17-10-12-20(41-6)13-11-17)36-26(39)21(15-42-28(3,4)5)34-25(38)18-8-7-9-19(30)14-18/h7-14,16,21-23H,15H2,1-6H3,(H,34,38)(H,35,40)(H,36,39). The Bertz CT molecular complexity index is 1260. The maximum absolute atomic E-state index is 13.5. The summed E-state index contributed by atoms with van der Waals surface area (Å²) < 4.78 is 50.6. The van der Waals surface area contributed by atoms with E-state index < -0.39 is 59.3 Å². The van der Waals surface area contributed by atoms with E-state index in [-0.39, 0.29) is 17.7 Å². The first-order valence-corrected chi connectivity index (χ1v) is 13.4. The summed E-state index contributed by atoms with van der Waals surface area (Å²) in [7, 11) is 1.42. The SMILES string of the molecule is COc1ccc(C(NC(=O)C(COC(C)(C)C)NC(=O)c2cccc(Cl)c2)C(=O)NC(C(=O)C(F)(F)F)C(C)C)cc1. The topological polar surface area (TPSA) is 123 Å². The summed E-state index contributed by atoms with van der Waals surface area (Å²) >= 11 is 5.98. The molecular formula is C29H35ClF3N3O6. The van der Waals surface area contributed by atoms with Crippen molar-refractivity contribution in [2.75, 3.05) is 13.7 Å². The second-order valence-corrected chi connectivity index (χ2v) is 11.2. The maximum atomic E-state index is 13.5. The number of amides is 3. The van der Waals surface area contributed by atoms with Crippen LogP contribution < -0.4 is 20.7 Å². The molecule has 0 aliphatic rings. The van der Waals surface area contributed by atoms with Gasteiger partial charge in [0.2, 0.25) is 11.8 Å². The van der Waals surface area contributed by atoms with Crippen LogP contribution in [0.3, 0.4) is 0 Å². The molecule has 0 aliphatic heterocycles. The molecule has 230 valence electrons. The summed E-state index contributed by atoms with van der Waals surface area (Å²) in [6, 6.07) is 7.06. The molecule has 0 bridgehead atoms. The number of ether oxygens (including phenoxy) is 2. The minimum absolute atomic E-state index is 0.158. The van der Waals surface area contributed by atoms with Crippen molar-refractivity contribution in [1.82, 2.24) is 16.0 Å². The predicted octanol–water partition coefficient (Wildman–Crippen LogP) is 4.39. The van der Waals surface area contributed by atoms with Gasteiger partial charge in [-0.25, -0.2) is 0 Å². The van der Waals surface area contributed by atoms with Crippen molar-refractivity contribution in [2.45, 2.75) is 64.5 Å². The van der Waals surface area contributed by atoms with Crippen LogP contribution in [0.1, 0.15) is 56.6 Å². The molecule has 3 N–H and O–H groups in total. The molecule has 42 heavy (non-hydrogen) atoms. The summed E-state index contributed by atoms with van der Waals surface area (Å²) in [6.45, 7) is 7.59. The molecule has 3 atom stereocenters. The van der Waals surface area contributed by atoms with Crippen molar-refractivity contribution in [2.24, 2.45) is 5.92 Å². The van der Waals surface area contributed by atoms with E-state index in [1.54, 1.807) is 32.9 Å². The normalized spacial score (nSPS) is 14.0. The van der Waals surface area contributed by atoms with Crippen LogP contribution in [0.2, 0.25) is 5.02 Å². The highest BCUT2D eigenvalue weighted by Gasteiger charge is 2.45. The van der Waals surface area contributed by atoms with E-state index in [1.165, 1.54) is 57.4 Å². The Hall–Kier alpha value is -3.64. The number of hydrogen-bond acceptors (Lipinski definition) is 6. The lowest BCUT2D eigenvalue weighted by atomic mass is 9.97. The van der Waals surface area contributed by atoms with Crippen molar-refractivity contribution in [3.8, 4) is 5.75 Å². The number of nitrogens with one attached hydrogen (secondary N) is 3. The van der Waals surface area contributed by atoms with E-state index in [2.05, 4.69) is 16.0 Å². The average molecular weight is 614 g/mol. The molecule has 0 heterocycles. The van der Waals surface area contributed by atoms with Gasteiger partial charge in [-0.05, 0) is 62.6 Å². The molecule has 0 aromatic heterocycles. The maximum Gasteiger partial charge on any atom is 0.452 e. The molecule has 0 fully saturated rings. The summed E-state index contributed by atoms with van der Waals surface area (Å²) in [4.78, 5) is 51.9. The van der Waals surface area contributed by atoms with Crippen LogP contribution in [0, 0.1) is 5.92 Å². The van der Waals surface area contributed by atoms with E-state index in [0.29, 0.717) is 10.8 Å². The highest BCUT2D eigenvalue weighted by Crippen LogP contribution is 2.23. The van der Waals surface area contributed by atoms with Gasteiger partial charge in [-0.15, -0.1) is 0 Å². The second-order valence-electron chi connectivity index (χ2n) is 10.8. The van der Waals surface area contributed by atoms with E-state index in [4.69, 9.17) is 21.1 Å². The van der Waals surface area contributed by atoms with Gasteiger partial charge in [0, 0.05) is 10.6 Å². The van der Waals surface area contributed by atoms with E-state index in [9.17, 15) is 32.3 Å². The van der Waals surface area contributed by atoms with Crippen molar-refractivity contribution in [1.29, 1.82) is 0 Å². The quantitative estimate of drug-likeness (QED) is 0.326. The molecule has 0 saturated heterocycles. The fourth-order valence-electron chi connectivity index (χ4n) is 3.67. The number of ketones is 1. The lowest BCUT2D eigenvalue weighted by Crippen LogP contribution is -2.55. The van der Waals surface area contributed by atoms with Crippen LogP contribution in [0.4, 0.5) is 13.2 Å². The summed E-state index contributed by atoms with van der Waals surface area (Å²) in [5.41, 5.74) is -0.375. The van der Waals surface area contributed by atoms with Crippen LogP contribution >= 0.6 is 11.6 Å². The molecule has 2 rings (SSSR count). The molecule has 2 aromatic carbocycles. The Balaban J connectivity index is 2.42. The smallest absolute Gasteiger partial charge is 0.452 e. The molecule has 13 heteroatoms. The zero-order valence-corrected chi connectivity index (χ0v) is 24.9. The van der Waals surface area contributed by atoms with Gasteiger partial charge in [-0.2, -0.15) is 13.2 Å². The molecule has 3 unspecified atom stereocenters. The zero-order chi connectivity index (χ0) is 31.8. The van der Waals surface area contributed by atoms with Gasteiger partial charge < -0.3 is 25.4 Å². The Morgan fingerprint density at radius 2 is 1.52 bits per heavy atom. The van der Waals surface area contributed by atoms with Crippen LogP contribution in [-0.2, 0) is 19.1 Å². The molecule has 3 amide bonds. The largest absolute Gasteiger partial charge is 0.497 e. The van der Waals surface area contributed by atoms with Gasteiger partial charge >= 0.3 is 6.18 Å². The minimum atomic E-state index is -5.19. The summed E-state index contributed by atoms with van der Waals surface area (Å²) in [5.74, 6) is -5.22. The minimum Gasteiger partial charge on any atom is -0.497 e. The van der Waals surface area contributed by atoms with Crippen LogP contribution in [0.25, 0.3) is 0 Å². The molecule has 0 spiro atoms. The van der Waals surface area contributed by atoms with E-state index in [0.717, 1.165) is 0 Å². The molecule has 0 saturated carbocycles. The number of benzene rings is 2. The Morgan fingerprint density at radius 3 is 2.02 bits per heavy atom. The average Bonchev–Trinajstić information content (AvgIpc) is 2.90. The number of carbonyl (C=O) groups is 4. The Morgan fingerprint density at radius 1 is 0.905 bits per heavy atom. The number of halogens is 4. The van der Waals surface area contributed by atoms with Gasteiger partial charge in [0.05, 0.1) is 25.4 Å². The van der Waals surface area contributed by atoms with Gasteiger partial charge in [0.25, 0.3) is 11.7 Å². The zero-order valence-electron chi connectivity index (χ0n) is 24.1. The highest BCUT2D eigenvalue weighted by molar-refractivity contribution is 6.31. The summed E-state index contributed by atoms with van der Waals surface area (Å²) in [6.07, 6.45) is -5.19. The van der Waals surface area contributed by atoms with Crippen LogP contribution in [-0.4, -0.2) is 61.1 Å². The number of hydrogen-bond donors (Lipinski definition) is 3. The predicted molar refractivity (Wildman–Crippen MR) is 150 cm³/mol. The number of alkyl halides is 3. The highest BCUT2D eigenvalue weighted by atomic mass is 35.5. The second kappa shape index (κ2) is 14.5. The monoisotopic (exact) mass is 613 g/mol. The van der Waals surface area contributed by atoms with Crippen LogP contribution in [0.5, 0.6) is 5.75 Å². The van der Waals surface area contributed by atoms with Gasteiger partial charge in [0.1, 0.15) is 17.8 Å². The first-order valence-electron chi connectivity index (χ1n) is 13.0. The molecule has 0 radical (unpaired) electrons.